The van der Waals surface area contributed by atoms with Gasteiger partial charge in [-0.15, -0.1) is 0 Å². The van der Waals surface area contributed by atoms with Crippen molar-refractivity contribution in [2.75, 3.05) is 0 Å². The Morgan fingerprint density at radius 2 is 2.50 bits per heavy atom. The fourth-order valence-electron chi connectivity index (χ4n) is 1.80. The van der Waals surface area contributed by atoms with Crippen LogP contribution in [0.2, 0.25) is 0 Å². The van der Waals surface area contributed by atoms with E-state index in [0.29, 0.717) is 0 Å². The van der Waals surface area contributed by atoms with Crippen LogP contribution in [0.25, 0.3) is 6.08 Å². The Hall–Kier alpha value is -1.58. The fourth-order valence-corrected chi connectivity index (χ4v) is 1.80. The molecule has 0 spiro atoms. The molecule has 2 rings (SSSR count). The molecule has 74 valence electrons. The van der Waals surface area contributed by atoms with Crippen LogP contribution < -0.4 is 0 Å². The van der Waals surface area contributed by atoms with Crippen molar-refractivity contribution < 1.29 is 9.90 Å². The number of carboxylic acids is 1. The number of nitrogens with zero attached hydrogens (tertiary/aromatic N) is 2. The average molecular weight is 192 g/mol. The number of allylic oxidation sites excluding steroid dienone is 1. The monoisotopic (exact) mass is 192 g/mol. The van der Waals surface area contributed by atoms with Gasteiger partial charge in [0.2, 0.25) is 0 Å². The van der Waals surface area contributed by atoms with Crippen LogP contribution in [0.4, 0.5) is 0 Å². The third-order valence-electron chi connectivity index (χ3n) is 2.42. The fraction of sp³-hybridized carbons (Fsp3) is 0.400. The number of aliphatic carboxylic acids is 1. The topological polar surface area (TPSA) is 55.1 Å². The number of aryl methyl sites for hydroxylation is 1. The predicted molar refractivity (Wildman–Crippen MR) is 52.0 cm³/mol. The third kappa shape index (κ3) is 1.43. The first-order chi connectivity index (χ1) is 6.68. The first-order valence-corrected chi connectivity index (χ1v) is 4.63. The predicted octanol–water partition coefficient (Wildman–Crippen LogP) is 1.24. The van der Waals surface area contributed by atoms with E-state index < -0.39 is 5.97 Å². The van der Waals surface area contributed by atoms with Crippen molar-refractivity contribution in [1.29, 1.82) is 0 Å². The summed E-state index contributed by atoms with van der Waals surface area (Å²) in [4.78, 5) is 10.6. The largest absolute Gasteiger partial charge is 0.480 e. The van der Waals surface area contributed by atoms with E-state index in [4.69, 9.17) is 5.11 Å². The SMILES string of the molecule is Cc1nn(CC(=O)O)c2c1CCC=C2. The molecular weight excluding hydrogens is 180 g/mol. The highest BCUT2D eigenvalue weighted by Crippen LogP contribution is 2.21. The lowest BCUT2D eigenvalue weighted by Gasteiger charge is -2.06. The van der Waals surface area contributed by atoms with E-state index in [1.54, 1.807) is 4.68 Å². The molecule has 0 aromatic carbocycles. The molecule has 1 aromatic rings. The number of rotatable bonds is 2. The summed E-state index contributed by atoms with van der Waals surface area (Å²) in [6.07, 6.45) is 6.01. The van der Waals surface area contributed by atoms with Gasteiger partial charge < -0.3 is 5.11 Å². The summed E-state index contributed by atoms with van der Waals surface area (Å²) in [5.74, 6) is -0.853. The van der Waals surface area contributed by atoms with Crippen molar-refractivity contribution in [3.63, 3.8) is 0 Å². The Labute approximate surface area is 81.9 Å². The molecule has 4 heteroatoms. The van der Waals surface area contributed by atoms with Crippen LogP contribution in [-0.2, 0) is 17.8 Å². The lowest BCUT2D eigenvalue weighted by Crippen LogP contribution is -2.12. The summed E-state index contributed by atoms with van der Waals surface area (Å²) in [5, 5.41) is 12.9. The molecule has 1 N–H and O–H groups in total. The number of aromatic nitrogens is 2. The number of hydrogen-bond donors (Lipinski definition) is 1. The van der Waals surface area contributed by atoms with E-state index in [9.17, 15) is 4.79 Å². The molecule has 1 heterocycles. The molecule has 0 saturated heterocycles. The Morgan fingerprint density at radius 1 is 1.71 bits per heavy atom. The summed E-state index contributed by atoms with van der Waals surface area (Å²) >= 11 is 0. The molecule has 0 radical (unpaired) electrons. The maximum absolute atomic E-state index is 10.6. The van der Waals surface area contributed by atoms with Gasteiger partial charge in [-0.25, -0.2) is 0 Å². The van der Waals surface area contributed by atoms with Crippen LogP contribution in [0.1, 0.15) is 23.4 Å². The molecule has 0 saturated carbocycles. The molecule has 1 aliphatic rings. The van der Waals surface area contributed by atoms with Gasteiger partial charge in [-0.1, -0.05) is 6.08 Å². The van der Waals surface area contributed by atoms with Gasteiger partial charge in [0.1, 0.15) is 6.54 Å². The summed E-state index contributed by atoms with van der Waals surface area (Å²) in [7, 11) is 0. The zero-order valence-corrected chi connectivity index (χ0v) is 8.03. The first kappa shape index (κ1) is 8.99. The van der Waals surface area contributed by atoms with Crippen LogP contribution in [0, 0.1) is 6.92 Å². The lowest BCUT2D eigenvalue weighted by molar-refractivity contribution is -0.137. The molecule has 4 nitrogen and oxygen atoms in total. The van der Waals surface area contributed by atoms with Crippen molar-refractivity contribution in [2.24, 2.45) is 0 Å². The van der Waals surface area contributed by atoms with Gasteiger partial charge in [-0.05, 0) is 25.8 Å². The molecule has 14 heavy (non-hydrogen) atoms. The maximum Gasteiger partial charge on any atom is 0.325 e. The van der Waals surface area contributed by atoms with Gasteiger partial charge in [-0.3, -0.25) is 9.48 Å². The zero-order chi connectivity index (χ0) is 10.1. The van der Waals surface area contributed by atoms with Gasteiger partial charge in [0.05, 0.1) is 11.4 Å². The van der Waals surface area contributed by atoms with E-state index in [0.717, 1.165) is 24.2 Å². The minimum Gasteiger partial charge on any atom is -0.480 e. The summed E-state index contributed by atoms with van der Waals surface area (Å²) in [6, 6.07) is 0. The van der Waals surface area contributed by atoms with Gasteiger partial charge in [0.25, 0.3) is 0 Å². The van der Waals surface area contributed by atoms with Crippen molar-refractivity contribution >= 4 is 12.0 Å². The van der Waals surface area contributed by atoms with E-state index in [1.807, 2.05) is 13.0 Å². The minimum absolute atomic E-state index is 0.0550. The zero-order valence-electron chi connectivity index (χ0n) is 8.03. The van der Waals surface area contributed by atoms with Gasteiger partial charge in [0, 0.05) is 5.56 Å². The molecule has 1 aromatic heterocycles. The second-order valence-corrected chi connectivity index (χ2v) is 3.44. The average Bonchev–Trinajstić information content (AvgIpc) is 2.44. The van der Waals surface area contributed by atoms with Gasteiger partial charge in [0.15, 0.2) is 0 Å². The lowest BCUT2D eigenvalue weighted by atomic mass is 10.0. The number of carbonyl (C=O) groups is 1. The summed E-state index contributed by atoms with van der Waals surface area (Å²) in [5.41, 5.74) is 3.09. The molecular formula is C10H12N2O2. The molecule has 0 amide bonds. The Bertz CT molecular complexity index is 404. The minimum atomic E-state index is -0.853. The first-order valence-electron chi connectivity index (χ1n) is 4.63. The second-order valence-electron chi connectivity index (χ2n) is 3.44. The van der Waals surface area contributed by atoms with Gasteiger partial charge >= 0.3 is 5.97 Å². The highest BCUT2D eigenvalue weighted by Gasteiger charge is 2.16. The molecule has 0 bridgehead atoms. The number of hydrogen-bond acceptors (Lipinski definition) is 2. The highest BCUT2D eigenvalue weighted by molar-refractivity contribution is 5.67. The molecule has 0 atom stereocenters. The van der Waals surface area contributed by atoms with Gasteiger partial charge in [-0.2, -0.15) is 5.10 Å². The van der Waals surface area contributed by atoms with Crippen molar-refractivity contribution in [2.45, 2.75) is 26.3 Å². The van der Waals surface area contributed by atoms with Crippen molar-refractivity contribution in [3.8, 4) is 0 Å². The van der Waals surface area contributed by atoms with E-state index in [2.05, 4.69) is 11.2 Å². The van der Waals surface area contributed by atoms with Crippen molar-refractivity contribution in [3.05, 3.63) is 23.0 Å². The normalized spacial score (nSPS) is 14.1. The summed E-state index contributed by atoms with van der Waals surface area (Å²) in [6.45, 7) is 1.87. The molecule has 1 aliphatic carbocycles. The van der Waals surface area contributed by atoms with Crippen LogP contribution in [0.5, 0.6) is 0 Å². The van der Waals surface area contributed by atoms with Crippen LogP contribution >= 0.6 is 0 Å². The maximum atomic E-state index is 10.6. The Morgan fingerprint density at radius 3 is 3.21 bits per heavy atom. The van der Waals surface area contributed by atoms with Crippen LogP contribution in [0.3, 0.4) is 0 Å². The highest BCUT2D eigenvalue weighted by atomic mass is 16.4. The number of carboxylic acid groups (broad SMARTS) is 1. The number of fused-ring (bicyclic) bond motifs is 1. The van der Waals surface area contributed by atoms with E-state index >= 15 is 0 Å². The molecule has 0 unspecified atom stereocenters. The second kappa shape index (κ2) is 3.29. The Balaban J connectivity index is 2.43. The standard InChI is InChI=1S/C10H12N2O2/c1-7-8-4-2-3-5-9(8)12(11-7)6-10(13)14/h3,5H,2,4,6H2,1H3,(H,13,14). The third-order valence-corrected chi connectivity index (χ3v) is 2.42. The quantitative estimate of drug-likeness (QED) is 0.766. The Kier molecular flexibility index (Phi) is 2.11. The smallest absolute Gasteiger partial charge is 0.325 e. The van der Waals surface area contributed by atoms with Crippen LogP contribution in [0.15, 0.2) is 6.08 Å². The van der Waals surface area contributed by atoms with E-state index in [-0.39, 0.29) is 6.54 Å². The summed E-state index contributed by atoms with van der Waals surface area (Å²) < 4.78 is 1.56. The van der Waals surface area contributed by atoms with Crippen molar-refractivity contribution in [1.82, 2.24) is 9.78 Å². The van der Waals surface area contributed by atoms with E-state index in [1.165, 1.54) is 5.56 Å². The molecule has 0 fully saturated rings. The van der Waals surface area contributed by atoms with Crippen LogP contribution in [-0.4, -0.2) is 20.9 Å². The molecule has 0 aliphatic heterocycles.